The number of nitrogens with zero attached hydrogens (tertiary/aromatic N) is 1. The third-order valence-corrected chi connectivity index (χ3v) is 5.94. The molecule has 0 heterocycles. The summed E-state index contributed by atoms with van der Waals surface area (Å²) in [6.07, 6.45) is 1.58. The van der Waals surface area contributed by atoms with Crippen molar-refractivity contribution >= 4 is 38.8 Å². The molecule has 0 aliphatic heterocycles. The number of nitrogens with one attached hydrogen (secondary N) is 1. The molecule has 5 nitrogen and oxygen atoms in total. The number of fused-ring (bicyclic) bond motifs is 1. The van der Waals surface area contributed by atoms with Crippen LogP contribution in [0, 0.1) is 6.92 Å². The fourth-order valence-electron chi connectivity index (χ4n) is 3.69. The number of hydrazone groups is 1. The second-order valence-electron chi connectivity index (χ2n) is 7.70. The van der Waals surface area contributed by atoms with Crippen LogP contribution in [0.5, 0.6) is 11.5 Å². The SMILES string of the molecule is CCOc1cc(/C=N\NC(=O)c2ccccc2C)cc(Br)c1OCc1cccc2ccccc12. The van der Waals surface area contributed by atoms with Crippen molar-refractivity contribution in [1.82, 2.24) is 5.43 Å². The van der Waals surface area contributed by atoms with Gasteiger partial charge in [-0.25, -0.2) is 5.43 Å². The van der Waals surface area contributed by atoms with Crippen LogP contribution in [0.15, 0.2) is 88.4 Å². The smallest absolute Gasteiger partial charge is 0.271 e. The number of aryl methyl sites for hydroxylation is 1. The highest BCUT2D eigenvalue weighted by Gasteiger charge is 2.13. The van der Waals surface area contributed by atoms with Crippen LogP contribution in [0.2, 0.25) is 0 Å². The van der Waals surface area contributed by atoms with Crippen molar-refractivity contribution in [3.05, 3.63) is 106 Å². The Morgan fingerprint density at radius 1 is 1.00 bits per heavy atom. The highest BCUT2D eigenvalue weighted by atomic mass is 79.9. The fraction of sp³-hybridized carbons (Fsp3) is 0.143. The topological polar surface area (TPSA) is 59.9 Å². The zero-order valence-electron chi connectivity index (χ0n) is 19.0. The van der Waals surface area contributed by atoms with Crippen molar-refractivity contribution in [2.45, 2.75) is 20.5 Å². The van der Waals surface area contributed by atoms with Gasteiger partial charge in [0, 0.05) is 5.56 Å². The Bertz CT molecular complexity index is 1350. The van der Waals surface area contributed by atoms with Gasteiger partial charge in [-0.2, -0.15) is 5.10 Å². The second kappa shape index (κ2) is 11.0. The van der Waals surface area contributed by atoms with E-state index in [0.717, 1.165) is 26.5 Å². The molecular weight excluding hydrogens is 492 g/mol. The van der Waals surface area contributed by atoms with E-state index in [1.165, 1.54) is 5.39 Å². The quantitative estimate of drug-likeness (QED) is 0.210. The number of hydrogen-bond acceptors (Lipinski definition) is 4. The highest BCUT2D eigenvalue weighted by Crippen LogP contribution is 2.37. The van der Waals surface area contributed by atoms with Gasteiger partial charge in [0.05, 0.1) is 17.3 Å². The van der Waals surface area contributed by atoms with Gasteiger partial charge in [-0.15, -0.1) is 0 Å². The Hall–Kier alpha value is -3.64. The molecule has 6 heteroatoms. The largest absolute Gasteiger partial charge is 0.490 e. The van der Waals surface area contributed by atoms with Crippen molar-refractivity contribution in [3.63, 3.8) is 0 Å². The van der Waals surface area contributed by atoms with Crippen LogP contribution in [-0.4, -0.2) is 18.7 Å². The summed E-state index contributed by atoms with van der Waals surface area (Å²) in [6.45, 7) is 4.70. The Morgan fingerprint density at radius 2 is 1.76 bits per heavy atom. The molecule has 4 aromatic rings. The molecule has 0 saturated carbocycles. The number of ether oxygens (including phenoxy) is 2. The summed E-state index contributed by atoms with van der Waals surface area (Å²) in [4.78, 5) is 12.4. The van der Waals surface area contributed by atoms with E-state index in [0.29, 0.717) is 30.3 Å². The van der Waals surface area contributed by atoms with E-state index >= 15 is 0 Å². The maximum atomic E-state index is 12.4. The molecule has 0 radical (unpaired) electrons. The van der Waals surface area contributed by atoms with E-state index in [4.69, 9.17) is 9.47 Å². The number of carbonyl (C=O) groups is 1. The number of benzene rings is 4. The van der Waals surface area contributed by atoms with E-state index in [1.54, 1.807) is 12.3 Å². The number of carbonyl (C=O) groups excluding carboxylic acids is 1. The normalized spacial score (nSPS) is 11.0. The van der Waals surface area contributed by atoms with E-state index < -0.39 is 0 Å². The molecule has 1 amide bonds. The van der Waals surface area contributed by atoms with Crippen LogP contribution < -0.4 is 14.9 Å². The van der Waals surface area contributed by atoms with E-state index in [9.17, 15) is 4.79 Å². The Labute approximate surface area is 207 Å². The lowest BCUT2D eigenvalue weighted by molar-refractivity contribution is 0.0954. The molecule has 4 aromatic carbocycles. The first-order valence-electron chi connectivity index (χ1n) is 11.0. The summed E-state index contributed by atoms with van der Waals surface area (Å²) in [6, 6.07) is 25.5. The first-order chi connectivity index (χ1) is 16.6. The van der Waals surface area contributed by atoms with Crippen LogP contribution in [0.25, 0.3) is 10.8 Å². The lowest BCUT2D eigenvalue weighted by Crippen LogP contribution is -2.18. The predicted octanol–water partition coefficient (Wildman–Crippen LogP) is 6.65. The third kappa shape index (κ3) is 5.46. The van der Waals surface area contributed by atoms with Gasteiger partial charge in [-0.1, -0.05) is 60.7 Å². The van der Waals surface area contributed by atoms with Gasteiger partial charge in [0.2, 0.25) is 0 Å². The van der Waals surface area contributed by atoms with Crippen molar-refractivity contribution < 1.29 is 14.3 Å². The molecule has 34 heavy (non-hydrogen) atoms. The van der Waals surface area contributed by atoms with Gasteiger partial charge in [-0.3, -0.25) is 4.79 Å². The molecule has 0 bridgehead atoms. The summed E-state index contributed by atoms with van der Waals surface area (Å²) in [5, 5.41) is 6.45. The summed E-state index contributed by atoms with van der Waals surface area (Å²) < 4.78 is 12.8. The lowest BCUT2D eigenvalue weighted by Gasteiger charge is -2.15. The summed E-state index contributed by atoms with van der Waals surface area (Å²) >= 11 is 3.60. The van der Waals surface area contributed by atoms with E-state index in [1.807, 2.05) is 62.4 Å². The Kier molecular flexibility index (Phi) is 7.60. The lowest BCUT2D eigenvalue weighted by atomic mass is 10.1. The molecular formula is C28H25BrN2O3. The maximum Gasteiger partial charge on any atom is 0.271 e. The molecule has 0 saturated heterocycles. The predicted molar refractivity (Wildman–Crippen MR) is 140 cm³/mol. The molecule has 0 aromatic heterocycles. The standard InChI is InChI=1S/C28H25BrN2O3/c1-3-33-26-16-20(17-30-31-28(32)23-13-6-4-9-19(23)2)15-25(29)27(26)34-18-22-12-8-11-21-10-5-7-14-24(21)22/h4-17H,3,18H2,1-2H3,(H,31,32)/b30-17-. The van der Waals surface area contributed by atoms with Gasteiger partial charge in [0.1, 0.15) is 6.61 Å². The summed E-state index contributed by atoms with van der Waals surface area (Å²) in [5.74, 6) is 0.966. The minimum Gasteiger partial charge on any atom is -0.490 e. The van der Waals surface area contributed by atoms with Crippen LogP contribution in [0.4, 0.5) is 0 Å². The Morgan fingerprint density at radius 3 is 2.59 bits per heavy atom. The van der Waals surface area contributed by atoms with E-state index in [-0.39, 0.29) is 5.91 Å². The molecule has 4 rings (SSSR count). The highest BCUT2D eigenvalue weighted by molar-refractivity contribution is 9.10. The monoisotopic (exact) mass is 516 g/mol. The molecule has 0 aliphatic carbocycles. The molecule has 0 unspecified atom stereocenters. The Balaban J connectivity index is 1.51. The minimum absolute atomic E-state index is 0.256. The number of halogens is 1. The van der Waals surface area contributed by atoms with Gasteiger partial charge in [0.15, 0.2) is 11.5 Å². The van der Waals surface area contributed by atoms with Crippen molar-refractivity contribution in [2.75, 3.05) is 6.61 Å². The van der Waals surface area contributed by atoms with Crippen LogP contribution in [0.3, 0.4) is 0 Å². The van der Waals surface area contributed by atoms with E-state index in [2.05, 4.69) is 50.7 Å². The summed E-state index contributed by atoms with van der Waals surface area (Å²) in [7, 11) is 0. The van der Waals surface area contributed by atoms with Crippen molar-refractivity contribution in [2.24, 2.45) is 5.10 Å². The molecule has 0 aliphatic rings. The first-order valence-corrected chi connectivity index (χ1v) is 11.8. The van der Waals surface area contributed by atoms with Crippen molar-refractivity contribution in [1.29, 1.82) is 0 Å². The molecule has 1 N–H and O–H groups in total. The molecule has 172 valence electrons. The molecule has 0 fully saturated rings. The second-order valence-corrected chi connectivity index (χ2v) is 8.56. The first kappa shape index (κ1) is 23.5. The third-order valence-electron chi connectivity index (χ3n) is 5.35. The zero-order chi connectivity index (χ0) is 23.9. The average molecular weight is 517 g/mol. The van der Waals surface area contributed by atoms with Crippen LogP contribution in [0.1, 0.15) is 34.0 Å². The van der Waals surface area contributed by atoms with Gasteiger partial charge >= 0.3 is 0 Å². The minimum atomic E-state index is -0.256. The fourth-order valence-corrected chi connectivity index (χ4v) is 4.26. The van der Waals surface area contributed by atoms with Gasteiger partial charge in [0.25, 0.3) is 5.91 Å². The molecule has 0 atom stereocenters. The van der Waals surface area contributed by atoms with Crippen LogP contribution >= 0.6 is 15.9 Å². The zero-order valence-corrected chi connectivity index (χ0v) is 20.6. The number of rotatable bonds is 8. The molecule has 0 spiro atoms. The average Bonchev–Trinajstić information content (AvgIpc) is 2.84. The summed E-state index contributed by atoms with van der Waals surface area (Å²) in [5.41, 5.74) is 5.92. The van der Waals surface area contributed by atoms with Crippen LogP contribution in [-0.2, 0) is 6.61 Å². The number of hydrogen-bond donors (Lipinski definition) is 1. The van der Waals surface area contributed by atoms with Crippen molar-refractivity contribution in [3.8, 4) is 11.5 Å². The van der Waals surface area contributed by atoms with Gasteiger partial charge in [-0.05, 0) is 75.4 Å². The number of amides is 1. The van der Waals surface area contributed by atoms with Gasteiger partial charge < -0.3 is 9.47 Å². The maximum absolute atomic E-state index is 12.4.